The SMILES string of the molecule is CC(C)[C@@H](C)NC(=O)Nc1cccc(N2CCNC2=O)c1. The molecule has 0 spiro atoms. The molecule has 1 saturated heterocycles. The maximum atomic E-state index is 11.9. The highest BCUT2D eigenvalue weighted by atomic mass is 16.2. The van der Waals surface area contributed by atoms with Gasteiger partial charge in [0.2, 0.25) is 0 Å². The van der Waals surface area contributed by atoms with Crippen molar-refractivity contribution in [2.45, 2.75) is 26.8 Å². The molecule has 1 aromatic rings. The van der Waals surface area contributed by atoms with Crippen LogP contribution < -0.4 is 20.9 Å². The molecule has 3 N–H and O–H groups in total. The highest BCUT2D eigenvalue weighted by Gasteiger charge is 2.21. The third kappa shape index (κ3) is 3.87. The molecule has 1 aliphatic heterocycles. The van der Waals surface area contributed by atoms with Gasteiger partial charge in [-0.25, -0.2) is 9.59 Å². The predicted octanol–water partition coefficient (Wildman–Crippen LogP) is 2.38. The van der Waals surface area contributed by atoms with Crippen molar-refractivity contribution in [3.05, 3.63) is 24.3 Å². The van der Waals surface area contributed by atoms with Gasteiger partial charge in [-0.15, -0.1) is 0 Å². The van der Waals surface area contributed by atoms with E-state index in [0.717, 1.165) is 5.69 Å². The molecule has 114 valence electrons. The van der Waals surface area contributed by atoms with Crippen molar-refractivity contribution in [2.75, 3.05) is 23.3 Å². The normalized spacial score (nSPS) is 15.8. The fourth-order valence-electron chi connectivity index (χ4n) is 2.01. The topological polar surface area (TPSA) is 73.5 Å². The molecule has 0 bridgehead atoms. The average molecular weight is 290 g/mol. The monoisotopic (exact) mass is 290 g/mol. The summed E-state index contributed by atoms with van der Waals surface area (Å²) in [5, 5.41) is 8.43. The first-order chi connectivity index (χ1) is 9.97. The molecule has 1 aromatic carbocycles. The Labute approximate surface area is 124 Å². The van der Waals surface area contributed by atoms with E-state index in [0.29, 0.717) is 24.7 Å². The molecule has 1 heterocycles. The van der Waals surface area contributed by atoms with Crippen molar-refractivity contribution in [3.63, 3.8) is 0 Å². The second kappa shape index (κ2) is 6.47. The Kier molecular flexibility index (Phi) is 4.67. The third-order valence-corrected chi connectivity index (χ3v) is 3.63. The molecular formula is C15H22N4O2. The zero-order valence-electron chi connectivity index (χ0n) is 12.6. The fourth-order valence-corrected chi connectivity index (χ4v) is 2.01. The second-order valence-corrected chi connectivity index (χ2v) is 5.57. The van der Waals surface area contributed by atoms with Crippen LogP contribution in [0, 0.1) is 5.92 Å². The van der Waals surface area contributed by atoms with Gasteiger partial charge in [0.05, 0.1) is 0 Å². The van der Waals surface area contributed by atoms with E-state index in [9.17, 15) is 9.59 Å². The van der Waals surface area contributed by atoms with E-state index in [1.54, 1.807) is 17.0 Å². The molecule has 0 saturated carbocycles. The van der Waals surface area contributed by atoms with Crippen molar-refractivity contribution in [1.82, 2.24) is 10.6 Å². The van der Waals surface area contributed by atoms with Gasteiger partial charge >= 0.3 is 12.1 Å². The fraction of sp³-hybridized carbons (Fsp3) is 0.467. The lowest BCUT2D eigenvalue weighted by Crippen LogP contribution is -2.39. The summed E-state index contributed by atoms with van der Waals surface area (Å²) in [5.74, 6) is 0.371. The Morgan fingerprint density at radius 3 is 2.71 bits per heavy atom. The number of nitrogens with zero attached hydrogens (tertiary/aromatic N) is 1. The minimum absolute atomic E-state index is 0.0949. The molecule has 21 heavy (non-hydrogen) atoms. The van der Waals surface area contributed by atoms with Crippen molar-refractivity contribution >= 4 is 23.4 Å². The maximum absolute atomic E-state index is 11.9. The molecule has 0 aromatic heterocycles. The summed E-state index contributed by atoms with van der Waals surface area (Å²) < 4.78 is 0. The van der Waals surface area contributed by atoms with Crippen LogP contribution in [0.25, 0.3) is 0 Å². The zero-order chi connectivity index (χ0) is 15.4. The van der Waals surface area contributed by atoms with Gasteiger partial charge in [-0.2, -0.15) is 0 Å². The third-order valence-electron chi connectivity index (χ3n) is 3.63. The van der Waals surface area contributed by atoms with Crippen LogP contribution in [0.1, 0.15) is 20.8 Å². The summed E-state index contributed by atoms with van der Waals surface area (Å²) in [7, 11) is 0. The van der Waals surface area contributed by atoms with Crippen LogP contribution in [0.4, 0.5) is 21.0 Å². The Morgan fingerprint density at radius 1 is 1.33 bits per heavy atom. The largest absolute Gasteiger partial charge is 0.336 e. The highest BCUT2D eigenvalue weighted by molar-refractivity contribution is 5.95. The summed E-state index contributed by atoms with van der Waals surface area (Å²) >= 11 is 0. The summed E-state index contributed by atoms with van der Waals surface area (Å²) in [6.45, 7) is 7.35. The van der Waals surface area contributed by atoms with Crippen LogP contribution in [-0.4, -0.2) is 31.2 Å². The van der Waals surface area contributed by atoms with Crippen molar-refractivity contribution in [1.29, 1.82) is 0 Å². The number of benzene rings is 1. The van der Waals surface area contributed by atoms with Crippen LogP contribution in [0.2, 0.25) is 0 Å². The van der Waals surface area contributed by atoms with Gasteiger partial charge in [-0.1, -0.05) is 19.9 Å². The minimum Gasteiger partial charge on any atom is -0.336 e. The lowest BCUT2D eigenvalue weighted by atomic mass is 10.1. The maximum Gasteiger partial charge on any atom is 0.321 e. The van der Waals surface area contributed by atoms with Crippen LogP contribution in [0.3, 0.4) is 0 Å². The van der Waals surface area contributed by atoms with Crippen LogP contribution in [0.15, 0.2) is 24.3 Å². The minimum atomic E-state index is -0.237. The molecule has 1 fully saturated rings. The smallest absolute Gasteiger partial charge is 0.321 e. The van der Waals surface area contributed by atoms with Crippen molar-refractivity contribution in [2.24, 2.45) is 5.92 Å². The number of carbonyl (C=O) groups is 2. The Hall–Kier alpha value is -2.24. The molecule has 1 aliphatic rings. The van der Waals surface area contributed by atoms with Crippen LogP contribution >= 0.6 is 0 Å². The first-order valence-corrected chi connectivity index (χ1v) is 7.20. The lowest BCUT2D eigenvalue weighted by molar-refractivity contribution is 0.246. The number of anilines is 2. The number of nitrogens with one attached hydrogen (secondary N) is 3. The lowest BCUT2D eigenvalue weighted by Gasteiger charge is -2.19. The van der Waals surface area contributed by atoms with E-state index < -0.39 is 0 Å². The van der Waals surface area contributed by atoms with Gasteiger partial charge in [0, 0.05) is 30.5 Å². The van der Waals surface area contributed by atoms with E-state index >= 15 is 0 Å². The van der Waals surface area contributed by atoms with E-state index in [2.05, 4.69) is 29.8 Å². The number of rotatable bonds is 4. The van der Waals surface area contributed by atoms with Crippen LogP contribution in [0.5, 0.6) is 0 Å². The Morgan fingerprint density at radius 2 is 2.10 bits per heavy atom. The van der Waals surface area contributed by atoms with Gasteiger partial charge < -0.3 is 16.0 Å². The Bertz CT molecular complexity index is 530. The van der Waals surface area contributed by atoms with Crippen molar-refractivity contribution in [3.8, 4) is 0 Å². The highest BCUT2D eigenvalue weighted by Crippen LogP contribution is 2.20. The molecule has 6 nitrogen and oxygen atoms in total. The molecule has 2 rings (SSSR count). The van der Waals surface area contributed by atoms with Gasteiger partial charge in [-0.05, 0) is 31.0 Å². The summed E-state index contributed by atoms with van der Waals surface area (Å²) in [6.07, 6.45) is 0. The average Bonchev–Trinajstić information content (AvgIpc) is 2.85. The molecule has 0 aliphatic carbocycles. The van der Waals surface area contributed by atoms with E-state index in [1.807, 2.05) is 19.1 Å². The van der Waals surface area contributed by atoms with E-state index in [1.165, 1.54) is 0 Å². The summed E-state index contributed by atoms with van der Waals surface area (Å²) in [4.78, 5) is 25.2. The number of urea groups is 2. The van der Waals surface area contributed by atoms with E-state index in [4.69, 9.17) is 0 Å². The number of hydrogen-bond donors (Lipinski definition) is 3. The van der Waals surface area contributed by atoms with Gasteiger partial charge in [0.15, 0.2) is 0 Å². The van der Waals surface area contributed by atoms with Gasteiger partial charge in [-0.3, -0.25) is 4.90 Å². The first-order valence-electron chi connectivity index (χ1n) is 7.20. The molecular weight excluding hydrogens is 268 g/mol. The Balaban J connectivity index is 2.01. The standard InChI is InChI=1S/C15H22N4O2/c1-10(2)11(3)17-14(20)18-12-5-4-6-13(9-12)19-8-7-16-15(19)21/h4-6,9-11H,7-8H2,1-3H3,(H,16,21)(H2,17,18,20)/t11-/m1/s1. The summed E-state index contributed by atoms with van der Waals surface area (Å²) in [5.41, 5.74) is 1.44. The molecule has 1 atom stereocenters. The quantitative estimate of drug-likeness (QED) is 0.796. The molecule has 4 amide bonds. The summed E-state index contributed by atoms with van der Waals surface area (Å²) in [6, 6.07) is 7.02. The van der Waals surface area contributed by atoms with Gasteiger partial charge in [0.1, 0.15) is 0 Å². The number of amides is 4. The number of carbonyl (C=O) groups excluding carboxylic acids is 2. The van der Waals surface area contributed by atoms with E-state index in [-0.39, 0.29) is 18.1 Å². The molecule has 0 unspecified atom stereocenters. The predicted molar refractivity (Wildman–Crippen MR) is 83.6 cm³/mol. The van der Waals surface area contributed by atoms with Gasteiger partial charge in [0.25, 0.3) is 0 Å². The second-order valence-electron chi connectivity index (χ2n) is 5.57. The molecule has 6 heteroatoms. The van der Waals surface area contributed by atoms with Crippen LogP contribution in [-0.2, 0) is 0 Å². The zero-order valence-corrected chi connectivity index (χ0v) is 12.6. The molecule has 0 radical (unpaired) electrons. The number of hydrogen-bond acceptors (Lipinski definition) is 2. The van der Waals surface area contributed by atoms with Crippen molar-refractivity contribution < 1.29 is 9.59 Å². The first kappa shape index (κ1) is 15.2.